The second-order valence-corrected chi connectivity index (χ2v) is 9.38. The molecule has 0 aliphatic carbocycles. The molecule has 1 aromatic heterocycles. The van der Waals surface area contributed by atoms with Crippen molar-refractivity contribution in [3.8, 4) is 17.4 Å². The van der Waals surface area contributed by atoms with Gasteiger partial charge in [-0.1, -0.05) is 84.9 Å². The lowest BCUT2D eigenvalue weighted by atomic mass is 10.2. The number of hydrogen-bond donors (Lipinski definition) is 1. The summed E-state index contributed by atoms with van der Waals surface area (Å²) in [5.74, 6) is 0.864. The Morgan fingerprint density at radius 3 is 1.68 bits per heavy atom. The first-order chi connectivity index (χ1) is 20.1. The Bertz CT molecular complexity index is 1560. The van der Waals surface area contributed by atoms with E-state index < -0.39 is 5.97 Å². The summed E-state index contributed by atoms with van der Waals surface area (Å²) in [6, 6.07) is 35.5. The third-order valence-corrected chi connectivity index (χ3v) is 6.22. The molecule has 1 N–H and O–H groups in total. The average Bonchev–Trinajstić information content (AvgIpc) is 3.40. The molecule has 0 amide bonds. The predicted molar refractivity (Wildman–Crippen MR) is 157 cm³/mol. The SMILES string of the molecule is O=C(O)/C=C/c1cn(Cc2ccc(OCc3ccccc3)cc2)nc1OCc1ccc(OCc2ccccc2)cc1. The zero-order valence-electron chi connectivity index (χ0n) is 22.4. The highest BCUT2D eigenvalue weighted by molar-refractivity contribution is 5.85. The van der Waals surface area contributed by atoms with Crippen molar-refractivity contribution in [2.75, 3.05) is 0 Å². The maximum atomic E-state index is 11.1. The van der Waals surface area contributed by atoms with Crippen LogP contribution >= 0.6 is 0 Å². The summed E-state index contributed by atoms with van der Waals surface area (Å²) in [7, 11) is 0. The molecule has 0 atom stereocenters. The van der Waals surface area contributed by atoms with Crippen molar-refractivity contribution in [2.45, 2.75) is 26.4 Å². The van der Waals surface area contributed by atoms with Crippen LogP contribution in [0.4, 0.5) is 0 Å². The Hall–Kier alpha value is -5.30. The number of rotatable bonds is 13. The molecule has 0 fully saturated rings. The van der Waals surface area contributed by atoms with Crippen molar-refractivity contribution in [3.05, 3.63) is 149 Å². The van der Waals surface area contributed by atoms with Gasteiger partial charge in [0.2, 0.25) is 5.88 Å². The van der Waals surface area contributed by atoms with Gasteiger partial charge in [0.25, 0.3) is 0 Å². The van der Waals surface area contributed by atoms with Gasteiger partial charge in [0.05, 0.1) is 12.1 Å². The van der Waals surface area contributed by atoms with Crippen LogP contribution in [0, 0.1) is 0 Å². The van der Waals surface area contributed by atoms with Gasteiger partial charge in [-0.05, 0) is 52.6 Å². The topological polar surface area (TPSA) is 82.8 Å². The molecule has 206 valence electrons. The number of aliphatic carboxylic acids is 1. The van der Waals surface area contributed by atoms with E-state index in [2.05, 4.69) is 5.10 Å². The number of aromatic nitrogens is 2. The van der Waals surface area contributed by atoms with Crippen LogP contribution in [0.15, 0.2) is 121 Å². The quantitative estimate of drug-likeness (QED) is 0.164. The molecule has 0 saturated heterocycles. The second kappa shape index (κ2) is 13.7. The summed E-state index contributed by atoms with van der Waals surface area (Å²) in [5.41, 5.74) is 4.74. The van der Waals surface area contributed by atoms with Gasteiger partial charge in [0, 0.05) is 12.3 Å². The van der Waals surface area contributed by atoms with Gasteiger partial charge in [-0.2, -0.15) is 0 Å². The molecule has 0 unspecified atom stereocenters. The van der Waals surface area contributed by atoms with E-state index in [1.165, 1.54) is 6.08 Å². The minimum absolute atomic E-state index is 0.275. The Morgan fingerprint density at radius 1 is 0.659 bits per heavy atom. The van der Waals surface area contributed by atoms with Crippen molar-refractivity contribution in [3.63, 3.8) is 0 Å². The Morgan fingerprint density at radius 2 is 1.15 bits per heavy atom. The molecule has 7 nitrogen and oxygen atoms in total. The molecule has 5 aromatic rings. The number of ether oxygens (including phenoxy) is 3. The summed E-state index contributed by atoms with van der Waals surface area (Å²) in [6.07, 6.45) is 4.34. The van der Waals surface area contributed by atoms with E-state index in [-0.39, 0.29) is 6.61 Å². The Balaban J connectivity index is 1.19. The van der Waals surface area contributed by atoms with E-state index in [4.69, 9.17) is 19.3 Å². The summed E-state index contributed by atoms with van der Waals surface area (Å²) in [4.78, 5) is 11.1. The second-order valence-electron chi connectivity index (χ2n) is 9.38. The number of carbonyl (C=O) groups is 1. The lowest BCUT2D eigenvalue weighted by molar-refractivity contribution is -0.131. The van der Waals surface area contributed by atoms with Crippen LogP contribution < -0.4 is 14.2 Å². The standard InChI is InChI=1S/C34H30N2O5/c37-33(38)20-15-30-22-36(21-26-11-16-31(17-12-26)39-23-27-7-3-1-4-8-27)35-34(30)41-25-29-13-18-32(19-14-29)40-24-28-9-5-2-6-10-28/h1-20,22H,21,23-25H2,(H,37,38)/b20-15+. The van der Waals surface area contributed by atoms with Gasteiger partial charge >= 0.3 is 5.97 Å². The van der Waals surface area contributed by atoms with Crippen molar-refractivity contribution in [1.29, 1.82) is 0 Å². The van der Waals surface area contributed by atoms with Crippen LogP contribution in [0.25, 0.3) is 6.08 Å². The number of carboxylic acid groups (broad SMARTS) is 1. The highest BCUT2D eigenvalue weighted by Crippen LogP contribution is 2.22. The molecule has 0 aliphatic rings. The lowest BCUT2D eigenvalue weighted by Crippen LogP contribution is -2.02. The van der Waals surface area contributed by atoms with Crippen molar-refractivity contribution < 1.29 is 24.1 Å². The zero-order valence-corrected chi connectivity index (χ0v) is 22.4. The fourth-order valence-corrected chi connectivity index (χ4v) is 4.08. The first-order valence-electron chi connectivity index (χ1n) is 13.2. The highest BCUT2D eigenvalue weighted by atomic mass is 16.5. The average molecular weight is 547 g/mol. The normalized spacial score (nSPS) is 10.9. The van der Waals surface area contributed by atoms with E-state index in [9.17, 15) is 4.79 Å². The fraction of sp³-hybridized carbons (Fsp3) is 0.118. The number of benzene rings is 4. The maximum Gasteiger partial charge on any atom is 0.328 e. The first kappa shape index (κ1) is 27.3. The van der Waals surface area contributed by atoms with Gasteiger partial charge in [0.1, 0.15) is 31.3 Å². The summed E-state index contributed by atoms with van der Waals surface area (Å²) < 4.78 is 19.5. The number of nitrogens with zero attached hydrogens (tertiary/aromatic N) is 2. The highest BCUT2D eigenvalue weighted by Gasteiger charge is 2.10. The van der Waals surface area contributed by atoms with Crippen LogP contribution in [0.3, 0.4) is 0 Å². The molecule has 0 bridgehead atoms. The molecule has 0 saturated carbocycles. The van der Waals surface area contributed by atoms with Crippen molar-refractivity contribution in [2.24, 2.45) is 0 Å². The molecule has 0 radical (unpaired) electrons. The monoisotopic (exact) mass is 546 g/mol. The molecular weight excluding hydrogens is 516 g/mol. The molecule has 7 heteroatoms. The van der Waals surface area contributed by atoms with Gasteiger partial charge in [0.15, 0.2) is 0 Å². The smallest absolute Gasteiger partial charge is 0.328 e. The predicted octanol–water partition coefficient (Wildman–Crippen LogP) is 6.77. The molecule has 0 aliphatic heterocycles. The van der Waals surface area contributed by atoms with Crippen LogP contribution in [-0.2, 0) is 31.2 Å². The number of carboxylic acids is 1. The third-order valence-electron chi connectivity index (χ3n) is 6.22. The largest absolute Gasteiger partial charge is 0.489 e. The fourth-order valence-electron chi connectivity index (χ4n) is 4.08. The molecule has 5 rings (SSSR count). The van der Waals surface area contributed by atoms with Gasteiger partial charge in [-0.15, -0.1) is 5.10 Å². The summed E-state index contributed by atoms with van der Waals surface area (Å²) in [6.45, 7) is 1.76. The van der Waals surface area contributed by atoms with Crippen molar-refractivity contribution in [1.82, 2.24) is 9.78 Å². The lowest BCUT2D eigenvalue weighted by Gasteiger charge is -2.08. The maximum absolute atomic E-state index is 11.1. The van der Waals surface area contributed by atoms with Crippen LogP contribution in [0.5, 0.6) is 17.4 Å². The molecular formula is C34H30N2O5. The summed E-state index contributed by atoms with van der Waals surface area (Å²) in [5, 5.41) is 13.7. The van der Waals surface area contributed by atoms with E-state index in [1.807, 2.05) is 109 Å². The first-order valence-corrected chi connectivity index (χ1v) is 13.2. The van der Waals surface area contributed by atoms with Crippen LogP contribution in [-0.4, -0.2) is 20.9 Å². The van der Waals surface area contributed by atoms with E-state index >= 15 is 0 Å². The molecule has 4 aromatic carbocycles. The third kappa shape index (κ3) is 8.34. The van der Waals surface area contributed by atoms with E-state index in [0.29, 0.717) is 31.2 Å². The minimum atomic E-state index is -1.04. The molecule has 41 heavy (non-hydrogen) atoms. The minimum Gasteiger partial charge on any atom is -0.489 e. The van der Waals surface area contributed by atoms with E-state index in [1.54, 1.807) is 10.9 Å². The Kier molecular flexibility index (Phi) is 9.09. The number of hydrogen-bond acceptors (Lipinski definition) is 5. The molecule has 0 spiro atoms. The van der Waals surface area contributed by atoms with Crippen molar-refractivity contribution >= 4 is 12.0 Å². The van der Waals surface area contributed by atoms with Gasteiger partial charge in [-0.3, -0.25) is 4.68 Å². The molecule has 1 heterocycles. The summed E-state index contributed by atoms with van der Waals surface area (Å²) >= 11 is 0. The van der Waals surface area contributed by atoms with Gasteiger partial charge < -0.3 is 19.3 Å². The zero-order chi connectivity index (χ0) is 28.3. The van der Waals surface area contributed by atoms with Crippen LogP contribution in [0.2, 0.25) is 0 Å². The van der Waals surface area contributed by atoms with Gasteiger partial charge in [-0.25, -0.2) is 4.79 Å². The Labute approximate surface area is 238 Å². The van der Waals surface area contributed by atoms with Crippen LogP contribution in [0.1, 0.15) is 27.8 Å². The van der Waals surface area contributed by atoms with E-state index in [0.717, 1.165) is 39.8 Å².